The molecular weight excluding hydrogens is 260 g/mol. The Balaban J connectivity index is 1.79. The molecule has 0 aromatic carbocycles. The molecule has 0 saturated heterocycles. The maximum Gasteiger partial charge on any atom is 0.508 e. The Kier molecular flexibility index (Phi) is 3.18. The molecule has 0 aromatic heterocycles. The zero-order valence-electron chi connectivity index (χ0n) is 12.1. The number of carbonyl (C=O) groups excluding carboxylic acids is 2. The van der Waals surface area contributed by atoms with E-state index >= 15 is 0 Å². The summed E-state index contributed by atoms with van der Waals surface area (Å²) in [5.41, 5.74) is -0.895. The summed E-state index contributed by atoms with van der Waals surface area (Å²) in [6, 6.07) is 0. The first-order valence-electron chi connectivity index (χ1n) is 7.50. The lowest BCUT2D eigenvalue weighted by Crippen LogP contribution is -2.61. The van der Waals surface area contributed by atoms with Crippen molar-refractivity contribution in [2.45, 2.75) is 63.6 Å². The van der Waals surface area contributed by atoms with Crippen LogP contribution >= 0.6 is 0 Å². The summed E-state index contributed by atoms with van der Waals surface area (Å²) in [6.45, 7) is 3.54. The van der Waals surface area contributed by atoms with Crippen molar-refractivity contribution in [2.75, 3.05) is 6.61 Å². The van der Waals surface area contributed by atoms with Gasteiger partial charge < -0.3 is 14.2 Å². The van der Waals surface area contributed by atoms with E-state index in [4.69, 9.17) is 14.2 Å². The van der Waals surface area contributed by atoms with Gasteiger partial charge >= 0.3 is 12.1 Å². The molecule has 4 fully saturated rings. The number of carbonyl (C=O) groups is 2. The van der Waals surface area contributed by atoms with Crippen LogP contribution in [-0.4, -0.2) is 29.9 Å². The number of hydrogen-bond donors (Lipinski definition) is 0. The molecule has 5 nitrogen and oxygen atoms in total. The van der Waals surface area contributed by atoms with E-state index in [2.05, 4.69) is 0 Å². The summed E-state index contributed by atoms with van der Waals surface area (Å²) >= 11 is 0. The molecule has 0 heterocycles. The fourth-order valence-electron chi connectivity index (χ4n) is 4.96. The highest BCUT2D eigenvalue weighted by molar-refractivity contribution is 5.66. The fraction of sp³-hybridized carbons (Fsp3) is 0.867. The van der Waals surface area contributed by atoms with Crippen LogP contribution in [0.1, 0.15) is 52.4 Å². The molecule has 0 N–H and O–H groups in total. The second-order valence-electron chi connectivity index (χ2n) is 6.71. The number of esters is 1. The Labute approximate surface area is 118 Å². The zero-order valence-corrected chi connectivity index (χ0v) is 12.1. The molecule has 4 saturated carbocycles. The molecular formula is C15H22O5. The molecule has 4 rings (SSSR count). The van der Waals surface area contributed by atoms with E-state index in [-0.39, 0.29) is 5.97 Å². The van der Waals surface area contributed by atoms with Crippen LogP contribution in [0.2, 0.25) is 0 Å². The Morgan fingerprint density at radius 1 is 1.05 bits per heavy atom. The molecule has 4 aliphatic carbocycles. The van der Waals surface area contributed by atoms with Crippen molar-refractivity contribution >= 4 is 12.1 Å². The van der Waals surface area contributed by atoms with Gasteiger partial charge in [0.25, 0.3) is 0 Å². The average Bonchev–Trinajstić information content (AvgIpc) is 2.23. The van der Waals surface area contributed by atoms with Gasteiger partial charge in [-0.25, -0.2) is 4.79 Å². The summed E-state index contributed by atoms with van der Waals surface area (Å²) in [4.78, 5) is 23.1. The highest BCUT2D eigenvalue weighted by Gasteiger charge is 2.61. The smallest absolute Gasteiger partial charge is 0.459 e. The molecule has 2 atom stereocenters. The van der Waals surface area contributed by atoms with Crippen LogP contribution in [0.3, 0.4) is 0 Å². The van der Waals surface area contributed by atoms with E-state index in [1.165, 1.54) is 6.92 Å². The Hall–Kier alpha value is -1.26. The van der Waals surface area contributed by atoms with E-state index in [0.717, 1.165) is 32.1 Å². The van der Waals surface area contributed by atoms with Crippen molar-refractivity contribution in [3.63, 3.8) is 0 Å². The normalized spacial score (nSPS) is 41.3. The molecule has 2 unspecified atom stereocenters. The highest BCUT2D eigenvalue weighted by atomic mass is 16.7. The van der Waals surface area contributed by atoms with Crippen LogP contribution < -0.4 is 0 Å². The fourth-order valence-corrected chi connectivity index (χ4v) is 4.96. The zero-order chi connectivity index (χ0) is 14.4. The van der Waals surface area contributed by atoms with Crippen LogP contribution in [0, 0.1) is 11.8 Å². The standard InChI is InChI=1S/C15H22O5/c1-3-18-13(17)20-15-7-11-4-12(8-15)6-14(5-11,9-15)19-10(2)16/h11-12H,3-9H2,1-2H3. The van der Waals surface area contributed by atoms with Gasteiger partial charge in [0, 0.05) is 13.3 Å². The Bertz CT molecular complexity index is 416. The first kappa shape index (κ1) is 13.7. The van der Waals surface area contributed by atoms with Gasteiger partial charge in [-0.05, 0) is 50.9 Å². The average molecular weight is 282 g/mol. The van der Waals surface area contributed by atoms with Gasteiger partial charge in [-0.15, -0.1) is 0 Å². The largest absolute Gasteiger partial charge is 0.508 e. The van der Waals surface area contributed by atoms with Crippen LogP contribution in [0.15, 0.2) is 0 Å². The van der Waals surface area contributed by atoms with Gasteiger partial charge in [0.05, 0.1) is 6.61 Å². The lowest BCUT2D eigenvalue weighted by atomic mass is 9.52. The minimum Gasteiger partial charge on any atom is -0.459 e. The van der Waals surface area contributed by atoms with E-state index in [9.17, 15) is 9.59 Å². The topological polar surface area (TPSA) is 61.8 Å². The van der Waals surface area contributed by atoms with Gasteiger partial charge in [-0.3, -0.25) is 4.79 Å². The van der Waals surface area contributed by atoms with Crippen molar-refractivity contribution in [1.82, 2.24) is 0 Å². The molecule has 0 aliphatic heterocycles. The predicted octanol–water partition coefficient (Wildman–Crippen LogP) is 2.81. The minimum atomic E-state index is -0.590. The van der Waals surface area contributed by atoms with Crippen molar-refractivity contribution < 1.29 is 23.8 Å². The molecule has 5 heteroatoms. The third-order valence-electron chi connectivity index (χ3n) is 4.88. The molecule has 4 bridgehead atoms. The minimum absolute atomic E-state index is 0.238. The summed E-state index contributed by atoms with van der Waals surface area (Å²) in [6.07, 6.45) is 4.79. The maximum absolute atomic E-state index is 11.7. The number of ether oxygens (including phenoxy) is 3. The maximum atomic E-state index is 11.7. The SMILES string of the molecule is CCOC(=O)OC12CC3CC(CC(OC(C)=O)(C3)C1)C2. The Morgan fingerprint density at radius 3 is 2.10 bits per heavy atom. The van der Waals surface area contributed by atoms with E-state index < -0.39 is 17.4 Å². The second-order valence-corrected chi connectivity index (χ2v) is 6.71. The number of hydrogen-bond acceptors (Lipinski definition) is 5. The molecule has 112 valence electrons. The van der Waals surface area contributed by atoms with Crippen molar-refractivity contribution in [1.29, 1.82) is 0 Å². The molecule has 4 aliphatic rings. The van der Waals surface area contributed by atoms with Gasteiger partial charge in [0.15, 0.2) is 0 Å². The van der Waals surface area contributed by atoms with Crippen LogP contribution in [-0.2, 0) is 19.0 Å². The van der Waals surface area contributed by atoms with Gasteiger partial charge in [-0.2, -0.15) is 0 Å². The van der Waals surface area contributed by atoms with Crippen LogP contribution in [0.4, 0.5) is 4.79 Å². The van der Waals surface area contributed by atoms with E-state index in [1.807, 2.05) is 0 Å². The van der Waals surface area contributed by atoms with Crippen molar-refractivity contribution in [3.05, 3.63) is 0 Å². The first-order chi connectivity index (χ1) is 9.44. The summed E-state index contributed by atoms with van der Waals surface area (Å²) in [5.74, 6) is 0.744. The quantitative estimate of drug-likeness (QED) is 0.745. The van der Waals surface area contributed by atoms with E-state index in [1.54, 1.807) is 6.92 Å². The summed E-state index contributed by atoms with van der Waals surface area (Å²) in [7, 11) is 0. The molecule has 20 heavy (non-hydrogen) atoms. The van der Waals surface area contributed by atoms with Gasteiger partial charge in [-0.1, -0.05) is 0 Å². The lowest BCUT2D eigenvalue weighted by molar-refractivity contribution is -0.221. The van der Waals surface area contributed by atoms with E-state index in [0.29, 0.717) is 24.9 Å². The molecule has 0 radical (unpaired) electrons. The lowest BCUT2D eigenvalue weighted by Gasteiger charge is -2.59. The van der Waals surface area contributed by atoms with Crippen molar-refractivity contribution in [2.24, 2.45) is 11.8 Å². The first-order valence-corrected chi connectivity index (χ1v) is 7.50. The van der Waals surface area contributed by atoms with Gasteiger partial charge in [0.1, 0.15) is 11.2 Å². The summed E-state index contributed by atoms with van der Waals surface area (Å²) in [5, 5.41) is 0. The van der Waals surface area contributed by atoms with Gasteiger partial charge in [0.2, 0.25) is 0 Å². The van der Waals surface area contributed by atoms with Crippen LogP contribution in [0.25, 0.3) is 0 Å². The third-order valence-corrected chi connectivity index (χ3v) is 4.88. The second kappa shape index (κ2) is 4.64. The highest BCUT2D eigenvalue weighted by Crippen LogP contribution is 2.60. The molecule has 0 amide bonds. The Morgan fingerprint density at radius 2 is 1.60 bits per heavy atom. The monoisotopic (exact) mass is 282 g/mol. The van der Waals surface area contributed by atoms with Crippen LogP contribution in [0.5, 0.6) is 0 Å². The summed E-state index contributed by atoms with van der Waals surface area (Å²) < 4.78 is 16.2. The van der Waals surface area contributed by atoms with Crippen molar-refractivity contribution in [3.8, 4) is 0 Å². The predicted molar refractivity (Wildman–Crippen MR) is 70.0 cm³/mol. The third kappa shape index (κ3) is 2.38. The molecule has 0 aromatic rings. The number of rotatable bonds is 3. The molecule has 0 spiro atoms.